The van der Waals surface area contributed by atoms with Crippen LogP contribution in [-0.4, -0.2) is 31.7 Å². The third-order valence-corrected chi connectivity index (χ3v) is 12.1. The zero-order chi connectivity index (χ0) is 30.6. The Morgan fingerprint density at radius 3 is 2.23 bits per heavy atom. The van der Waals surface area contributed by atoms with E-state index >= 15 is 0 Å². The number of carbonyl (C=O) groups excluding carboxylic acids is 2. The minimum Gasteiger partial charge on any atom is -0.489 e. The Labute approximate surface area is 253 Å². The first kappa shape index (κ1) is 29.8. The largest absolute Gasteiger partial charge is 0.489 e. The molecule has 0 saturated carbocycles. The van der Waals surface area contributed by atoms with Gasteiger partial charge in [0.1, 0.15) is 12.4 Å². The Kier molecular flexibility index (Phi) is 8.52. The monoisotopic (exact) mass is 591 g/mol. The molecule has 5 aromatic rings. The molecule has 0 spiro atoms. The summed E-state index contributed by atoms with van der Waals surface area (Å²) in [6.07, 6.45) is 1.77. The molecule has 1 aromatic heterocycles. The van der Waals surface area contributed by atoms with Crippen LogP contribution >= 0.6 is 0 Å². The summed E-state index contributed by atoms with van der Waals surface area (Å²) in [4.78, 5) is 29.5. The average molecular weight is 592 g/mol. The fraction of sp³-hybridized carbons (Fsp3) is 0.200. The molecule has 0 saturated heterocycles. The average Bonchev–Trinajstić information content (AvgIpc) is 3.36. The van der Waals surface area contributed by atoms with Crippen molar-refractivity contribution in [2.75, 3.05) is 11.9 Å². The minimum absolute atomic E-state index is 0.0327. The quantitative estimate of drug-likeness (QED) is 0.0918. The van der Waals surface area contributed by atoms with Crippen molar-refractivity contribution in [1.29, 1.82) is 0 Å². The van der Waals surface area contributed by atoms with Crippen molar-refractivity contribution in [1.82, 2.24) is 10.5 Å². The maximum Gasteiger partial charge on any atom is 0.273 e. The molecule has 8 heteroatoms. The van der Waals surface area contributed by atoms with Crippen LogP contribution in [0.3, 0.4) is 0 Å². The van der Waals surface area contributed by atoms with Crippen molar-refractivity contribution >= 4 is 53.7 Å². The lowest BCUT2D eigenvalue weighted by molar-refractivity contribution is -0.113. The second-order valence-electron chi connectivity index (χ2n) is 12.1. The summed E-state index contributed by atoms with van der Waals surface area (Å²) in [5.41, 5.74) is 6.99. The van der Waals surface area contributed by atoms with Gasteiger partial charge in [0.05, 0.1) is 11.1 Å². The number of aromatic amines is 1. The van der Waals surface area contributed by atoms with Gasteiger partial charge in [0.15, 0.2) is 0 Å². The smallest absolute Gasteiger partial charge is 0.273 e. The van der Waals surface area contributed by atoms with Gasteiger partial charge in [-0.15, -0.1) is 0 Å². The van der Waals surface area contributed by atoms with E-state index in [0.717, 1.165) is 27.4 Å². The van der Waals surface area contributed by atoms with E-state index in [0.29, 0.717) is 22.6 Å². The number of aromatic nitrogens is 1. The topological polar surface area (TPSA) is 92.5 Å². The molecule has 1 heterocycles. The maximum atomic E-state index is 13.4. The summed E-state index contributed by atoms with van der Waals surface area (Å²) in [5, 5.41) is 5.17. The van der Waals surface area contributed by atoms with E-state index in [4.69, 9.17) is 9.26 Å². The molecule has 0 fully saturated rings. The highest BCUT2D eigenvalue weighted by atomic mass is 28.4. The fourth-order valence-electron chi connectivity index (χ4n) is 4.31. The number of rotatable bonds is 9. The molecule has 7 nitrogen and oxygen atoms in total. The van der Waals surface area contributed by atoms with Crippen LogP contribution in [0.2, 0.25) is 18.1 Å². The van der Waals surface area contributed by atoms with Gasteiger partial charge in [-0.2, -0.15) is 0 Å². The molecule has 0 unspecified atom stereocenters. The number of benzene rings is 4. The SMILES string of the molecule is CC(C)(C)[Si](C)(C)ONC(=O)c1ccc(C=C(COc2ccc3c(c2)[nH]c2ccccc23)C(=O)Nc2ccccc2)cc1. The molecule has 0 aliphatic rings. The van der Waals surface area contributed by atoms with Gasteiger partial charge in [-0.1, -0.05) is 69.3 Å². The zero-order valence-electron chi connectivity index (χ0n) is 25.2. The Morgan fingerprint density at radius 2 is 1.51 bits per heavy atom. The number of fused-ring (bicyclic) bond motifs is 3. The molecule has 0 atom stereocenters. The number of nitrogens with one attached hydrogen (secondary N) is 3. The predicted molar refractivity (Wildman–Crippen MR) is 177 cm³/mol. The number of ether oxygens (including phenoxy) is 1. The van der Waals surface area contributed by atoms with Crippen LogP contribution in [0.25, 0.3) is 27.9 Å². The van der Waals surface area contributed by atoms with E-state index in [1.54, 1.807) is 30.3 Å². The first-order valence-electron chi connectivity index (χ1n) is 14.3. The standard InChI is InChI=1S/C35H37N3O4Si/c1-35(2,3)43(4,5)42-38-34(40)25-17-15-24(16-18-25)21-26(33(39)36-27-11-7-6-8-12-27)23-41-28-19-20-30-29-13-9-10-14-31(29)37-32(30)22-28/h6-22,37H,23H2,1-5H3,(H,36,39)(H,38,40). The summed E-state index contributed by atoms with van der Waals surface area (Å²) >= 11 is 0. The maximum absolute atomic E-state index is 13.4. The summed E-state index contributed by atoms with van der Waals surface area (Å²) in [6, 6.07) is 30.3. The number of hydrogen-bond acceptors (Lipinski definition) is 4. The van der Waals surface area contributed by atoms with Crippen LogP contribution in [0.1, 0.15) is 36.7 Å². The molecule has 0 aliphatic heterocycles. The molecule has 2 amide bonds. The number of hydrogen-bond donors (Lipinski definition) is 3. The van der Waals surface area contributed by atoms with Crippen LogP contribution in [0.5, 0.6) is 5.75 Å². The lowest BCUT2D eigenvalue weighted by Crippen LogP contribution is -2.46. The van der Waals surface area contributed by atoms with E-state index < -0.39 is 8.32 Å². The predicted octanol–water partition coefficient (Wildman–Crippen LogP) is 8.09. The van der Waals surface area contributed by atoms with E-state index in [2.05, 4.69) is 55.7 Å². The number of carbonyl (C=O) groups is 2. The molecular weight excluding hydrogens is 554 g/mol. The number of H-pyrrole nitrogens is 1. The minimum atomic E-state index is -2.14. The number of anilines is 1. The van der Waals surface area contributed by atoms with Crippen molar-refractivity contribution < 1.29 is 18.9 Å². The van der Waals surface area contributed by atoms with Gasteiger partial charge in [0.2, 0.25) is 8.32 Å². The Balaban J connectivity index is 1.34. The Hall–Kier alpha value is -4.66. The first-order chi connectivity index (χ1) is 20.5. The molecule has 43 heavy (non-hydrogen) atoms. The van der Waals surface area contributed by atoms with Gasteiger partial charge in [0.25, 0.3) is 11.8 Å². The first-order valence-corrected chi connectivity index (χ1v) is 17.2. The summed E-state index contributed by atoms with van der Waals surface area (Å²) in [7, 11) is -2.14. The van der Waals surface area contributed by atoms with Crippen LogP contribution in [0.15, 0.2) is 103 Å². The molecule has 0 bridgehead atoms. The van der Waals surface area contributed by atoms with Gasteiger partial charge in [0, 0.05) is 33.6 Å². The molecule has 0 aliphatic carbocycles. The second kappa shape index (κ2) is 12.3. The van der Waals surface area contributed by atoms with E-state index in [1.165, 1.54) is 0 Å². The van der Waals surface area contributed by atoms with Gasteiger partial charge < -0.3 is 19.6 Å². The van der Waals surface area contributed by atoms with Crippen LogP contribution < -0.4 is 15.5 Å². The van der Waals surface area contributed by atoms with Crippen molar-refractivity contribution in [2.45, 2.75) is 38.9 Å². The lowest BCUT2D eigenvalue weighted by Gasteiger charge is -2.35. The van der Waals surface area contributed by atoms with Gasteiger partial charge in [-0.25, -0.2) is 5.48 Å². The highest BCUT2D eigenvalue weighted by molar-refractivity contribution is 6.74. The molecule has 5 rings (SSSR count). The molecular formula is C35H37N3O4Si. The van der Waals surface area contributed by atoms with Crippen molar-refractivity contribution in [3.05, 3.63) is 114 Å². The van der Waals surface area contributed by atoms with Crippen LogP contribution in [0.4, 0.5) is 5.69 Å². The van der Waals surface area contributed by atoms with E-state index in [-0.39, 0.29) is 23.5 Å². The summed E-state index contributed by atoms with van der Waals surface area (Å²) in [6.45, 7) is 10.5. The third kappa shape index (κ3) is 7.05. The fourth-order valence-corrected chi connectivity index (χ4v) is 4.96. The van der Waals surface area contributed by atoms with Crippen LogP contribution in [0, 0.1) is 0 Å². The van der Waals surface area contributed by atoms with Gasteiger partial charge in [-0.3, -0.25) is 9.59 Å². The second-order valence-corrected chi connectivity index (χ2v) is 16.8. The van der Waals surface area contributed by atoms with Crippen molar-refractivity contribution in [3.8, 4) is 5.75 Å². The van der Waals surface area contributed by atoms with Gasteiger partial charge >= 0.3 is 0 Å². The van der Waals surface area contributed by atoms with E-state index in [9.17, 15) is 9.59 Å². The molecule has 3 N–H and O–H groups in total. The number of para-hydroxylation sites is 2. The highest BCUT2D eigenvalue weighted by Crippen LogP contribution is 2.36. The van der Waals surface area contributed by atoms with Crippen molar-refractivity contribution in [3.63, 3.8) is 0 Å². The lowest BCUT2D eigenvalue weighted by atomic mass is 10.1. The summed E-state index contributed by atoms with van der Waals surface area (Å²) < 4.78 is 12.0. The Bertz CT molecular complexity index is 1790. The Morgan fingerprint density at radius 1 is 0.837 bits per heavy atom. The van der Waals surface area contributed by atoms with Crippen LogP contribution in [-0.2, 0) is 9.32 Å². The zero-order valence-corrected chi connectivity index (χ0v) is 26.2. The third-order valence-electron chi connectivity index (χ3n) is 7.91. The molecule has 4 aromatic carbocycles. The normalized spacial score (nSPS) is 12.3. The number of hydroxylamine groups is 1. The highest BCUT2D eigenvalue weighted by Gasteiger charge is 2.38. The van der Waals surface area contributed by atoms with E-state index in [1.807, 2.05) is 66.7 Å². The van der Waals surface area contributed by atoms with Crippen molar-refractivity contribution in [2.24, 2.45) is 0 Å². The molecule has 220 valence electrons. The molecule has 0 radical (unpaired) electrons. The number of amides is 2. The summed E-state index contributed by atoms with van der Waals surface area (Å²) in [5.74, 6) is 0.0619. The van der Waals surface area contributed by atoms with Gasteiger partial charge in [-0.05, 0) is 72.2 Å².